The molecule has 0 bridgehead atoms. The molecule has 1 radical (unpaired) electrons. The molecule has 0 aromatic carbocycles. The van der Waals surface area contributed by atoms with Crippen molar-refractivity contribution < 1.29 is 8.74 Å². The molecule has 0 fully saturated rings. The fourth-order valence-electron chi connectivity index (χ4n) is 0.0373. The molecule has 1 N–H and O–H groups in total. The van der Waals surface area contributed by atoms with Crippen LogP contribution in [0.2, 0.25) is 0 Å². The van der Waals surface area contributed by atoms with Crippen LogP contribution in [-0.2, 0) is 4.18 Å². The Balaban J connectivity index is 2.19. The average molecular weight is 93.1 g/mol. The minimum Gasteiger partial charge on any atom is -0.307 e. The zero-order chi connectivity index (χ0) is 4.12. The molecule has 0 aliphatic rings. The summed E-state index contributed by atoms with van der Waals surface area (Å²) in [6, 6.07) is 0. The van der Waals surface area contributed by atoms with E-state index in [2.05, 4.69) is 11.1 Å². The maximum Gasteiger partial charge on any atom is 0.155 e. The molecular weight excluding hydrogens is 88.1 g/mol. The van der Waals surface area contributed by atoms with E-state index in [9.17, 15) is 0 Å². The van der Waals surface area contributed by atoms with Gasteiger partial charge in [-0.15, -0.1) is 0 Å². The summed E-state index contributed by atoms with van der Waals surface area (Å²) in [5, 5.41) is 0. The minimum atomic E-state index is 0.307. The molecule has 0 aromatic rings. The molecule has 0 saturated carbocycles. The van der Waals surface area contributed by atoms with Crippen LogP contribution in [0, 0.1) is 6.92 Å². The van der Waals surface area contributed by atoms with E-state index >= 15 is 0 Å². The van der Waals surface area contributed by atoms with Gasteiger partial charge in [-0.1, -0.05) is 0 Å². The highest BCUT2D eigenvalue weighted by molar-refractivity contribution is 7.88. The zero-order valence-electron chi connectivity index (χ0n) is 2.68. The first-order valence-corrected chi connectivity index (χ1v) is 1.84. The highest BCUT2D eigenvalue weighted by Gasteiger charge is 1.68. The minimum absolute atomic E-state index is 0.307. The predicted molar refractivity (Wildman–Crippen MR) is 21.5 cm³/mol. The van der Waals surface area contributed by atoms with Crippen LogP contribution in [-0.4, -0.2) is 11.2 Å². The van der Waals surface area contributed by atoms with Crippen LogP contribution in [0.15, 0.2) is 0 Å². The van der Waals surface area contributed by atoms with Crippen molar-refractivity contribution in [1.29, 1.82) is 0 Å². The van der Waals surface area contributed by atoms with Gasteiger partial charge in [0, 0.05) is 0 Å². The molecule has 31 valence electrons. The smallest absolute Gasteiger partial charge is 0.155 e. The van der Waals surface area contributed by atoms with E-state index in [0.29, 0.717) is 18.9 Å². The molecule has 5 heavy (non-hydrogen) atoms. The fourth-order valence-corrected chi connectivity index (χ4v) is 0.112. The second kappa shape index (κ2) is 4.27. The lowest BCUT2D eigenvalue weighted by molar-refractivity contribution is 0.387. The monoisotopic (exact) mass is 93.0 g/mol. The Labute approximate surface area is 35.6 Å². The Morgan fingerprint density at radius 2 is 2.60 bits per heavy atom. The first-order chi connectivity index (χ1) is 2.41. The van der Waals surface area contributed by atoms with Crippen LogP contribution in [0.5, 0.6) is 0 Å². The van der Waals surface area contributed by atoms with Crippen molar-refractivity contribution in [2.24, 2.45) is 0 Å². The van der Waals surface area contributed by atoms with E-state index in [-0.39, 0.29) is 0 Å². The molecule has 0 rings (SSSR count). The van der Waals surface area contributed by atoms with Gasteiger partial charge in [0.15, 0.2) is 12.3 Å². The quantitative estimate of drug-likeness (QED) is 0.515. The molecule has 0 aliphatic carbocycles. The summed E-state index contributed by atoms with van der Waals surface area (Å²) in [5.41, 5.74) is 0. The van der Waals surface area contributed by atoms with Crippen molar-refractivity contribution in [1.82, 2.24) is 0 Å². The molecular formula is C2H5O2S. The van der Waals surface area contributed by atoms with E-state index in [1.807, 2.05) is 0 Å². The first-order valence-electron chi connectivity index (χ1n) is 1.14. The van der Waals surface area contributed by atoms with Gasteiger partial charge < -0.3 is 4.55 Å². The maximum absolute atomic E-state index is 7.72. The largest absolute Gasteiger partial charge is 0.307 e. The lowest BCUT2D eigenvalue weighted by Crippen LogP contribution is -1.72. The topological polar surface area (TPSA) is 29.5 Å². The Hall–Kier alpha value is 0.270. The summed E-state index contributed by atoms with van der Waals surface area (Å²) in [5.74, 6) is 0. The first kappa shape index (κ1) is 5.27. The van der Waals surface area contributed by atoms with E-state index in [0.717, 1.165) is 0 Å². The summed E-state index contributed by atoms with van der Waals surface area (Å²) in [6.45, 7) is 3.58. The maximum atomic E-state index is 7.72. The molecule has 0 amide bonds. The van der Waals surface area contributed by atoms with Crippen LogP contribution < -0.4 is 0 Å². The average Bonchev–Trinajstić information content (AvgIpc) is 1.41. The lowest BCUT2D eigenvalue weighted by atomic mass is 10.9. The summed E-state index contributed by atoms with van der Waals surface area (Å²) in [4.78, 5) is 0. The highest BCUT2D eigenvalue weighted by atomic mass is 32.2. The second-order valence-corrected chi connectivity index (χ2v) is 0.781. The zero-order valence-corrected chi connectivity index (χ0v) is 3.49. The highest BCUT2D eigenvalue weighted by Crippen LogP contribution is 1.88. The number of hydrogen-bond acceptors (Lipinski definition) is 3. The number of rotatable bonds is 2. The third-order valence-corrected chi connectivity index (χ3v) is 0.408. The van der Waals surface area contributed by atoms with Gasteiger partial charge in [-0.05, 0) is 6.92 Å². The van der Waals surface area contributed by atoms with Crippen LogP contribution in [0.1, 0.15) is 0 Å². The van der Waals surface area contributed by atoms with Crippen molar-refractivity contribution in [3.8, 4) is 0 Å². The molecule has 0 atom stereocenters. The van der Waals surface area contributed by atoms with Crippen LogP contribution in [0.4, 0.5) is 0 Å². The van der Waals surface area contributed by atoms with Crippen molar-refractivity contribution in [3.63, 3.8) is 0 Å². The fraction of sp³-hybridized carbons (Fsp3) is 0.500. The SMILES string of the molecule is [CH2]COSO. The van der Waals surface area contributed by atoms with Gasteiger partial charge in [0.05, 0.1) is 6.61 Å². The molecule has 0 saturated heterocycles. The molecule has 0 spiro atoms. The summed E-state index contributed by atoms with van der Waals surface area (Å²) in [6.07, 6.45) is 0. The van der Waals surface area contributed by atoms with Crippen molar-refractivity contribution in [2.45, 2.75) is 0 Å². The summed E-state index contributed by atoms with van der Waals surface area (Å²) >= 11 is 0.339. The van der Waals surface area contributed by atoms with Crippen molar-refractivity contribution in [3.05, 3.63) is 6.92 Å². The van der Waals surface area contributed by atoms with Crippen LogP contribution in [0.3, 0.4) is 0 Å². The van der Waals surface area contributed by atoms with E-state index in [1.54, 1.807) is 0 Å². The van der Waals surface area contributed by atoms with Gasteiger partial charge in [-0.25, -0.2) is 0 Å². The van der Waals surface area contributed by atoms with Crippen LogP contribution >= 0.6 is 12.3 Å². The number of hydrogen-bond donors (Lipinski definition) is 1. The van der Waals surface area contributed by atoms with Crippen molar-refractivity contribution >= 4 is 12.3 Å². The third-order valence-electron chi connectivity index (χ3n) is 0.136. The molecule has 0 aliphatic heterocycles. The van der Waals surface area contributed by atoms with Crippen LogP contribution in [0.25, 0.3) is 0 Å². The van der Waals surface area contributed by atoms with Crippen molar-refractivity contribution in [2.75, 3.05) is 6.61 Å². The van der Waals surface area contributed by atoms with E-state index in [1.165, 1.54) is 0 Å². The van der Waals surface area contributed by atoms with Gasteiger partial charge in [0.25, 0.3) is 0 Å². The molecule has 0 aromatic heterocycles. The van der Waals surface area contributed by atoms with Gasteiger partial charge in [-0.2, -0.15) is 0 Å². The Kier molecular flexibility index (Phi) is 4.50. The third kappa shape index (κ3) is 4.27. The van der Waals surface area contributed by atoms with Gasteiger partial charge in [0.1, 0.15) is 0 Å². The molecule has 2 nitrogen and oxygen atoms in total. The van der Waals surface area contributed by atoms with E-state index < -0.39 is 0 Å². The van der Waals surface area contributed by atoms with Gasteiger partial charge >= 0.3 is 0 Å². The molecule has 3 heteroatoms. The van der Waals surface area contributed by atoms with E-state index in [4.69, 9.17) is 4.55 Å². The Morgan fingerprint density at radius 1 is 2.00 bits per heavy atom. The second-order valence-electron chi connectivity index (χ2n) is 0.397. The summed E-state index contributed by atoms with van der Waals surface area (Å²) in [7, 11) is 0. The summed E-state index contributed by atoms with van der Waals surface area (Å²) < 4.78 is 11.9. The standard InChI is InChI=1S/C2H5O2S/c1-2-4-5-3/h3H,1-2H2. The lowest BCUT2D eigenvalue weighted by Gasteiger charge is -1.81. The normalized spacial score (nSPS) is 8.40. The van der Waals surface area contributed by atoms with Gasteiger partial charge in [-0.3, -0.25) is 4.18 Å². The molecule has 0 heterocycles. The predicted octanol–water partition coefficient (Wildman–Crippen LogP) is 0.958. The Morgan fingerprint density at radius 3 is 2.60 bits per heavy atom. The Bertz CT molecular complexity index is 15.1. The molecule has 0 unspecified atom stereocenters. The van der Waals surface area contributed by atoms with Gasteiger partial charge in [0.2, 0.25) is 0 Å².